The second-order valence-electron chi connectivity index (χ2n) is 8.34. The van der Waals surface area contributed by atoms with Crippen LogP contribution in [0.15, 0.2) is 66.7 Å². The van der Waals surface area contributed by atoms with Crippen LogP contribution in [0.1, 0.15) is 37.4 Å². The number of amides is 1. The van der Waals surface area contributed by atoms with Crippen LogP contribution in [0.3, 0.4) is 0 Å². The zero-order valence-electron chi connectivity index (χ0n) is 19.3. The van der Waals surface area contributed by atoms with Crippen molar-refractivity contribution < 1.29 is 14.4 Å². The lowest BCUT2D eigenvalue weighted by Gasteiger charge is -2.24. The average molecular weight is 472 g/mol. The van der Waals surface area contributed by atoms with Crippen LogP contribution in [0.25, 0.3) is 0 Å². The first-order valence-corrected chi connectivity index (χ1v) is 11.6. The molecule has 1 atom stereocenters. The van der Waals surface area contributed by atoms with Gasteiger partial charge in [-0.25, -0.2) is 0 Å². The Kier molecular flexibility index (Phi) is 7.54. The first-order chi connectivity index (χ1) is 17.0. The maximum absolute atomic E-state index is 13.4. The fraction of sp³-hybridized carbons (Fsp3) is 0.222. The second kappa shape index (κ2) is 10.9. The number of ketones is 2. The van der Waals surface area contributed by atoms with E-state index >= 15 is 0 Å². The molecular weight excluding hydrogens is 442 g/mol. The van der Waals surface area contributed by atoms with Gasteiger partial charge in [0.25, 0.3) is 0 Å². The average Bonchev–Trinajstić information content (AvgIpc) is 2.89. The number of anilines is 2. The molecule has 180 valence electrons. The molecule has 0 unspecified atom stereocenters. The summed E-state index contributed by atoms with van der Waals surface area (Å²) in [6, 6.07) is 19.3. The summed E-state index contributed by atoms with van der Waals surface area (Å²) in [6.07, 6.45) is 0.445. The van der Waals surface area contributed by atoms with Gasteiger partial charge in [0.1, 0.15) is 0 Å². The van der Waals surface area contributed by atoms with Gasteiger partial charge in [0, 0.05) is 48.7 Å². The van der Waals surface area contributed by atoms with E-state index in [-0.39, 0.29) is 17.5 Å². The maximum atomic E-state index is 13.4. The smallest absolute Gasteiger partial charge is 0.237 e. The first kappa shape index (κ1) is 24.1. The number of fused-ring (bicyclic) bond motifs is 2. The number of carbonyl (C=O) groups excluding carboxylic acids is 3. The van der Waals surface area contributed by atoms with E-state index in [1.807, 2.05) is 30.3 Å². The molecule has 0 radical (unpaired) electrons. The Hall–Kier alpha value is -4.01. The summed E-state index contributed by atoms with van der Waals surface area (Å²) >= 11 is 0. The lowest BCUT2D eigenvalue weighted by Crippen LogP contribution is -2.43. The van der Waals surface area contributed by atoms with Crippen LogP contribution in [0.5, 0.6) is 0 Å². The number of carbonyl (C=O) groups is 3. The third kappa shape index (κ3) is 5.24. The molecule has 0 heterocycles. The normalized spacial score (nSPS) is 13.0. The van der Waals surface area contributed by atoms with E-state index in [0.29, 0.717) is 66.2 Å². The second-order valence-corrected chi connectivity index (χ2v) is 8.34. The molecule has 8 heteroatoms. The molecule has 3 aromatic rings. The van der Waals surface area contributed by atoms with Gasteiger partial charge in [0.15, 0.2) is 11.6 Å². The number of hydrogen-bond acceptors (Lipinski definition) is 7. The van der Waals surface area contributed by atoms with Crippen LogP contribution < -0.4 is 27.4 Å². The molecule has 1 aliphatic rings. The summed E-state index contributed by atoms with van der Waals surface area (Å²) in [5.74, 6) is -0.680. The highest BCUT2D eigenvalue weighted by molar-refractivity contribution is 6.31. The highest BCUT2D eigenvalue weighted by Gasteiger charge is 2.33. The number of hydrogen-bond donors (Lipinski definition) is 5. The molecular formula is C27H29N5O3. The fourth-order valence-corrected chi connectivity index (χ4v) is 4.20. The zero-order chi connectivity index (χ0) is 24.8. The van der Waals surface area contributed by atoms with E-state index in [2.05, 4.69) is 16.0 Å². The van der Waals surface area contributed by atoms with Crippen molar-refractivity contribution in [3.63, 3.8) is 0 Å². The number of nitrogens with two attached hydrogens (primary N) is 2. The molecule has 0 saturated carbocycles. The summed E-state index contributed by atoms with van der Waals surface area (Å²) in [5.41, 5.74) is 15.2. The topological polar surface area (TPSA) is 139 Å². The van der Waals surface area contributed by atoms with Crippen LogP contribution in [-0.2, 0) is 11.2 Å². The van der Waals surface area contributed by atoms with Crippen molar-refractivity contribution in [2.45, 2.75) is 12.5 Å². The number of nitrogens with one attached hydrogen (secondary N) is 3. The number of rotatable bonds is 10. The monoisotopic (exact) mass is 471 g/mol. The molecule has 0 aliphatic heterocycles. The minimum absolute atomic E-state index is 0.210. The first-order valence-electron chi connectivity index (χ1n) is 11.6. The quantitative estimate of drug-likeness (QED) is 0.223. The summed E-state index contributed by atoms with van der Waals surface area (Å²) in [6.45, 7) is 1.52. The Morgan fingerprint density at radius 2 is 1.29 bits per heavy atom. The molecule has 8 nitrogen and oxygen atoms in total. The third-order valence-corrected chi connectivity index (χ3v) is 5.91. The van der Waals surface area contributed by atoms with Crippen LogP contribution in [0, 0.1) is 0 Å². The van der Waals surface area contributed by atoms with Gasteiger partial charge in [-0.2, -0.15) is 0 Å². The minimum Gasteiger partial charge on any atom is -0.383 e. The predicted molar refractivity (Wildman–Crippen MR) is 137 cm³/mol. The lowest BCUT2D eigenvalue weighted by atomic mass is 9.82. The van der Waals surface area contributed by atoms with Gasteiger partial charge in [-0.3, -0.25) is 14.4 Å². The van der Waals surface area contributed by atoms with E-state index in [9.17, 15) is 14.4 Å². The van der Waals surface area contributed by atoms with Crippen molar-refractivity contribution >= 4 is 28.8 Å². The van der Waals surface area contributed by atoms with Gasteiger partial charge >= 0.3 is 0 Å². The number of benzene rings is 3. The van der Waals surface area contributed by atoms with Crippen molar-refractivity contribution in [1.29, 1.82) is 0 Å². The van der Waals surface area contributed by atoms with Crippen molar-refractivity contribution in [3.8, 4) is 0 Å². The predicted octanol–water partition coefficient (Wildman–Crippen LogP) is 1.93. The summed E-state index contributed by atoms with van der Waals surface area (Å²) in [4.78, 5) is 39.1. The summed E-state index contributed by atoms with van der Waals surface area (Å²) < 4.78 is 0. The Morgan fingerprint density at radius 3 is 1.86 bits per heavy atom. The van der Waals surface area contributed by atoms with E-state index in [4.69, 9.17) is 11.5 Å². The molecule has 0 spiro atoms. The van der Waals surface area contributed by atoms with Crippen LogP contribution in [0.4, 0.5) is 11.4 Å². The Morgan fingerprint density at radius 1 is 0.743 bits per heavy atom. The molecule has 1 amide bonds. The van der Waals surface area contributed by atoms with Crippen LogP contribution >= 0.6 is 0 Å². The lowest BCUT2D eigenvalue weighted by molar-refractivity contribution is -0.122. The summed E-state index contributed by atoms with van der Waals surface area (Å²) in [7, 11) is 0. The van der Waals surface area contributed by atoms with Crippen LogP contribution in [-0.4, -0.2) is 49.7 Å². The highest BCUT2D eigenvalue weighted by atomic mass is 16.2. The van der Waals surface area contributed by atoms with Crippen molar-refractivity contribution in [1.82, 2.24) is 5.32 Å². The molecule has 0 aromatic heterocycles. The Labute approximate surface area is 204 Å². The maximum Gasteiger partial charge on any atom is 0.237 e. The van der Waals surface area contributed by atoms with Crippen molar-refractivity contribution in [3.05, 3.63) is 94.5 Å². The van der Waals surface area contributed by atoms with Gasteiger partial charge in [0.2, 0.25) is 5.91 Å². The van der Waals surface area contributed by atoms with Gasteiger partial charge in [-0.1, -0.05) is 54.6 Å². The molecule has 0 saturated heterocycles. The van der Waals surface area contributed by atoms with E-state index in [1.165, 1.54) is 0 Å². The minimum atomic E-state index is -0.659. The third-order valence-electron chi connectivity index (χ3n) is 5.91. The zero-order valence-corrected chi connectivity index (χ0v) is 19.3. The molecule has 0 bridgehead atoms. The largest absolute Gasteiger partial charge is 0.383 e. The van der Waals surface area contributed by atoms with E-state index < -0.39 is 6.04 Å². The highest BCUT2D eigenvalue weighted by Crippen LogP contribution is 2.36. The molecule has 1 aliphatic carbocycles. The molecule has 3 aromatic carbocycles. The van der Waals surface area contributed by atoms with Crippen molar-refractivity contribution in [2.75, 3.05) is 36.8 Å². The Balaban J connectivity index is 1.46. The van der Waals surface area contributed by atoms with Gasteiger partial charge in [0.05, 0.1) is 17.2 Å². The van der Waals surface area contributed by atoms with Crippen LogP contribution in [0.2, 0.25) is 0 Å². The van der Waals surface area contributed by atoms with Crippen molar-refractivity contribution in [2.24, 2.45) is 11.5 Å². The van der Waals surface area contributed by atoms with Gasteiger partial charge < -0.3 is 27.4 Å². The van der Waals surface area contributed by atoms with Gasteiger partial charge in [-0.05, 0) is 24.1 Å². The van der Waals surface area contributed by atoms with Gasteiger partial charge in [-0.15, -0.1) is 0 Å². The summed E-state index contributed by atoms with van der Waals surface area (Å²) in [5, 5.41) is 9.17. The standard InChI is InChI=1S/C27H29N5O3/c28-12-13-30-21-10-11-22(24-23(21)25(33)18-8-4-5-9-19(18)26(24)34)31-14-15-32-27(35)20(29)16-17-6-2-1-3-7-17/h1-11,20,30-31H,12-16,28-29H2,(H,32,35)/t20-/m0/s1. The molecule has 7 N–H and O–H groups in total. The van der Waals surface area contributed by atoms with E-state index in [1.54, 1.807) is 36.4 Å². The molecule has 0 fully saturated rings. The SMILES string of the molecule is NCCNc1ccc(NCCNC(=O)[C@@H](N)Cc2ccccc2)c2c1C(=O)c1ccccc1C2=O. The fourth-order valence-electron chi connectivity index (χ4n) is 4.20. The molecule has 35 heavy (non-hydrogen) atoms. The van der Waals surface area contributed by atoms with E-state index in [0.717, 1.165) is 5.56 Å². The molecule has 4 rings (SSSR count). The Bertz CT molecular complexity index is 1240.